The number of fused-ring (bicyclic) bond motifs is 1. The van der Waals surface area contributed by atoms with Gasteiger partial charge in [0.25, 0.3) is 11.8 Å². The molecule has 5 aromatic rings. The van der Waals surface area contributed by atoms with Gasteiger partial charge in [-0.2, -0.15) is 0 Å². The number of hydrogen-bond donors (Lipinski definition) is 4. The molecule has 2 heterocycles. The second-order valence-electron chi connectivity index (χ2n) is 9.05. The van der Waals surface area contributed by atoms with Gasteiger partial charge >= 0.3 is 0 Å². The summed E-state index contributed by atoms with van der Waals surface area (Å²) < 4.78 is 13.5. The van der Waals surface area contributed by atoms with E-state index in [1.54, 1.807) is 11.7 Å². The predicted octanol–water partition coefficient (Wildman–Crippen LogP) is 6.19. The Balaban J connectivity index is 1.25. The van der Waals surface area contributed by atoms with Crippen LogP contribution >= 0.6 is 24.0 Å². The number of rotatable bonds is 10. The quantitative estimate of drug-likeness (QED) is 0.121. The van der Waals surface area contributed by atoms with Crippen LogP contribution in [0.15, 0.2) is 83.5 Å². The van der Waals surface area contributed by atoms with Gasteiger partial charge < -0.3 is 15.6 Å². The molecule has 198 valence electrons. The summed E-state index contributed by atoms with van der Waals surface area (Å²) in [6, 6.07) is 17.9. The standard InChI is InChI=1S/C29H26FN5O2S2/c30-21-10-11-25(38)22(14-21)28(36)32-12-4-3-7-23(35-29(37)26-16-31-17-39-26)27-33-15-24(34-27)20-9-8-18-5-1-2-6-19(18)13-20/h1-2,5-6,8-11,13-17,23,38H,3-4,7,12H2,(H,32,36)(H,33,34)(H,35,37). The first kappa shape index (κ1) is 26.6. The Labute approximate surface area is 234 Å². The van der Waals surface area contributed by atoms with Crippen molar-refractivity contribution in [3.63, 3.8) is 0 Å². The molecule has 0 fully saturated rings. The lowest BCUT2D eigenvalue weighted by Crippen LogP contribution is -2.29. The fourth-order valence-corrected chi connectivity index (χ4v) is 5.08. The lowest BCUT2D eigenvalue weighted by molar-refractivity contribution is 0.0935. The number of amides is 2. The van der Waals surface area contributed by atoms with Gasteiger partial charge in [-0.1, -0.05) is 36.4 Å². The number of halogens is 1. The molecule has 10 heteroatoms. The molecule has 0 saturated carbocycles. The average molecular weight is 560 g/mol. The Morgan fingerprint density at radius 2 is 1.85 bits per heavy atom. The number of H-pyrrole nitrogens is 1. The smallest absolute Gasteiger partial charge is 0.263 e. The van der Waals surface area contributed by atoms with E-state index in [4.69, 9.17) is 0 Å². The van der Waals surface area contributed by atoms with E-state index in [0.29, 0.717) is 41.4 Å². The first-order chi connectivity index (χ1) is 19.0. The average Bonchev–Trinajstić information content (AvgIpc) is 3.66. The molecule has 2 amide bonds. The van der Waals surface area contributed by atoms with Crippen LogP contribution < -0.4 is 10.6 Å². The molecule has 1 atom stereocenters. The maximum absolute atomic E-state index is 13.5. The number of nitrogens with zero attached hydrogens (tertiary/aromatic N) is 2. The lowest BCUT2D eigenvalue weighted by atomic mass is 10.1. The highest BCUT2D eigenvalue weighted by Gasteiger charge is 2.20. The van der Waals surface area contributed by atoms with Gasteiger partial charge in [-0.05, 0) is 54.3 Å². The second-order valence-corrected chi connectivity index (χ2v) is 10.4. The molecule has 3 N–H and O–H groups in total. The van der Waals surface area contributed by atoms with E-state index in [9.17, 15) is 14.0 Å². The maximum Gasteiger partial charge on any atom is 0.263 e. The van der Waals surface area contributed by atoms with Crippen LogP contribution in [-0.4, -0.2) is 33.3 Å². The van der Waals surface area contributed by atoms with Crippen molar-refractivity contribution in [1.29, 1.82) is 0 Å². The van der Waals surface area contributed by atoms with Crippen molar-refractivity contribution >= 4 is 46.6 Å². The van der Waals surface area contributed by atoms with Crippen molar-refractivity contribution in [1.82, 2.24) is 25.6 Å². The molecule has 0 bridgehead atoms. The summed E-state index contributed by atoms with van der Waals surface area (Å²) in [6.07, 6.45) is 5.28. The number of thiazole rings is 1. The molecular formula is C29H26FN5O2S2. The number of imidazole rings is 1. The van der Waals surface area contributed by atoms with Gasteiger partial charge in [0.15, 0.2) is 0 Å². The van der Waals surface area contributed by atoms with Gasteiger partial charge in [0.1, 0.15) is 16.5 Å². The van der Waals surface area contributed by atoms with Crippen molar-refractivity contribution in [3.05, 3.63) is 101 Å². The summed E-state index contributed by atoms with van der Waals surface area (Å²) in [7, 11) is 0. The molecule has 0 aliphatic rings. The molecule has 0 aliphatic heterocycles. The summed E-state index contributed by atoms with van der Waals surface area (Å²) >= 11 is 5.51. The number of thiol groups is 1. The van der Waals surface area contributed by atoms with Crippen LogP contribution in [0.1, 0.15) is 51.2 Å². The first-order valence-electron chi connectivity index (χ1n) is 12.5. The highest BCUT2D eigenvalue weighted by molar-refractivity contribution is 7.80. The Hall–Kier alpha value is -4.02. The van der Waals surface area contributed by atoms with Crippen molar-refractivity contribution in [3.8, 4) is 11.3 Å². The zero-order valence-corrected chi connectivity index (χ0v) is 22.6. The molecule has 2 aromatic heterocycles. The largest absolute Gasteiger partial charge is 0.352 e. The number of aromatic nitrogens is 3. The highest BCUT2D eigenvalue weighted by Crippen LogP contribution is 2.26. The van der Waals surface area contributed by atoms with E-state index in [2.05, 4.69) is 62.5 Å². The van der Waals surface area contributed by atoms with Gasteiger partial charge in [-0.25, -0.2) is 9.37 Å². The highest BCUT2D eigenvalue weighted by atomic mass is 32.1. The van der Waals surface area contributed by atoms with Crippen molar-refractivity contribution < 1.29 is 14.0 Å². The minimum absolute atomic E-state index is 0.199. The van der Waals surface area contributed by atoms with Crippen molar-refractivity contribution in [2.45, 2.75) is 30.2 Å². The molecule has 5 rings (SSSR count). The number of aromatic amines is 1. The first-order valence-corrected chi connectivity index (χ1v) is 13.8. The van der Waals surface area contributed by atoms with Crippen LogP contribution in [0.3, 0.4) is 0 Å². The van der Waals surface area contributed by atoms with E-state index in [1.807, 2.05) is 18.2 Å². The van der Waals surface area contributed by atoms with Crippen LogP contribution in [0.4, 0.5) is 4.39 Å². The summed E-state index contributed by atoms with van der Waals surface area (Å²) in [6.45, 7) is 0.401. The summed E-state index contributed by atoms with van der Waals surface area (Å²) in [5.74, 6) is -0.425. The second kappa shape index (κ2) is 12.2. The maximum atomic E-state index is 13.5. The van der Waals surface area contributed by atoms with E-state index in [1.165, 1.54) is 35.7 Å². The summed E-state index contributed by atoms with van der Waals surface area (Å²) in [5.41, 5.74) is 3.68. The van der Waals surface area contributed by atoms with E-state index >= 15 is 0 Å². The normalized spacial score (nSPS) is 11.8. The van der Waals surface area contributed by atoms with Crippen LogP contribution in [0, 0.1) is 5.82 Å². The third kappa shape index (κ3) is 6.52. The Morgan fingerprint density at radius 1 is 1.00 bits per heavy atom. The third-order valence-electron chi connectivity index (χ3n) is 6.36. The SMILES string of the molecule is O=C(NC(CCCCNC(=O)c1cc(F)ccc1S)c1ncc(-c2ccc3ccccc3c2)[nH]1)c1cncs1. The Morgan fingerprint density at radius 3 is 2.67 bits per heavy atom. The summed E-state index contributed by atoms with van der Waals surface area (Å²) in [5, 5.41) is 8.17. The van der Waals surface area contributed by atoms with Crippen LogP contribution in [-0.2, 0) is 0 Å². The van der Waals surface area contributed by atoms with Gasteiger partial charge in [0, 0.05) is 17.0 Å². The fraction of sp³-hybridized carbons (Fsp3) is 0.172. The number of hydrogen-bond acceptors (Lipinski definition) is 6. The fourth-order valence-electron chi connectivity index (χ4n) is 4.31. The van der Waals surface area contributed by atoms with Gasteiger partial charge in [0.2, 0.25) is 0 Å². The molecule has 39 heavy (non-hydrogen) atoms. The topological polar surface area (TPSA) is 99.8 Å². The van der Waals surface area contributed by atoms with E-state index in [-0.39, 0.29) is 23.4 Å². The molecular weight excluding hydrogens is 533 g/mol. The zero-order chi connectivity index (χ0) is 27.2. The monoisotopic (exact) mass is 559 g/mol. The molecule has 0 spiro atoms. The van der Waals surface area contributed by atoms with Gasteiger partial charge in [0.05, 0.1) is 35.2 Å². The Kier molecular flexibility index (Phi) is 8.33. The molecule has 1 unspecified atom stereocenters. The van der Waals surface area contributed by atoms with Crippen LogP contribution in [0.2, 0.25) is 0 Å². The van der Waals surface area contributed by atoms with Crippen molar-refractivity contribution in [2.75, 3.05) is 6.54 Å². The minimum atomic E-state index is -0.487. The van der Waals surface area contributed by atoms with Gasteiger partial charge in [-0.15, -0.1) is 24.0 Å². The summed E-state index contributed by atoms with van der Waals surface area (Å²) in [4.78, 5) is 38.2. The molecule has 0 saturated heterocycles. The lowest BCUT2D eigenvalue weighted by Gasteiger charge is -2.16. The molecule has 0 aliphatic carbocycles. The molecule has 0 radical (unpaired) electrons. The Bertz CT molecular complexity index is 1600. The number of carbonyl (C=O) groups is 2. The number of nitrogens with one attached hydrogen (secondary N) is 3. The molecule has 7 nitrogen and oxygen atoms in total. The van der Waals surface area contributed by atoms with Crippen LogP contribution in [0.5, 0.6) is 0 Å². The number of unbranched alkanes of at least 4 members (excludes halogenated alkanes) is 1. The number of benzene rings is 3. The van der Waals surface area contributed by atoms with E-state index < -0.39 is 5.82 Å². The predicted molar refractivity (Wildman–Crippen MR) is 154 cm³/mol. The zero-order valence-electron chi connectivity index (χ0n) is 20.9. The molecule has 3 aromatic carbocycles. The van der Waals surface area contributed by atoms with Crippen molar-refractivity contribution in [2.24, 2.45) is 0 Å². The van der Waals surface area contributed by atoms with E-state index in [0.717, 1.165) is 22.0 Å². The van der Waals surface area contributed by atoms with Crippen LogP contribution in [0.25, 0.3) is 22.0 Å². The number of carbonyl (C=O) groups excluding carboxylic acids is 2. The van der Waals surface area contributed by atoms with Gasteiger partial charge in [-0.3, -0.25) is 14.6 Å². The minimum Gasteiger partial charge on any atom is -0.352 e. The third-order valence-corrected chi connectivity index (χ3v) is 7.52.